The zero-order valence-corrected chi connectivity index (χ0v) is 17.2. The number of rotatable bonds is 8. The molecule has 0 spiro atoms. The highest BCUT2D eigenvalue weighted by molar-refractivity contribution is 7.99. The van der Waals surface area contributed by atoms with Gasteiger partial charge in [-0.2, -0.15) is 5.26 Å². The van der Waals surface area contributed by atoms with Gasteiger partial charge in [-0.25, -0.2) is 0 Å². The Morgan fingerprint density at radius 3 is 2.50 bits per heavy atom. The van der Waals surface area contributed by atoms with Crippen LogP contribution >= 0.6 is 23.4 Å². The highest BCUT2D eigenvalue weighted by atomic mass is 35.5. The Morgan fingerprint density at radius 1 is 1.18 bits per heavy atom. The first-order chi connectivity index (χ1) is 13.4. The molecule has 0 aromatic heterocycles. The summed E-state index contributed by atoms with van der Waals surface area (Å²) in [6.45, 7) is 3.46. The second-order valence-corrected chi connectivity index (χ2v) is 7.83. The van der Waals surface area contributed by atoms with E-state index < -0.39 is 17.8 Å². The topological polar surface area (TPSA) is 79.2 Å². The quantitative estimate of drug-likeness (QED) is 0.490. The number of esters is 1. The Hall–Kier alpha value is -2.49. The molecule has 0 aliphatic carbocycles. The first-order valence-electron chi connectivity index (χ1n) is 8.73. The highest BCUT2D eigenvalue weighted by Gasteiger charge is 2.26. The maximum absolute atomic E-state index is 12.6. The first-order valence-corrected chi connectivity index (χ1v) is 10.1. The number of thioether (sulfide) groups is 1. The van der Waals surface area contributed by atoms with Crippen molar-refractivity contribution in [3.8, 4) is 6.07 Å². The average molecular weight is 417 g/mol. The summed E-state index contributed by atoms with van der Waals surface area (Å²) in [4.78, 5) is 25.6. The fourth-order valence-electron chi connectivity index (χ4n) is 2.68. The molecule has 2 aromatic rings. The minimum Gasteiger partial charge on any atom is -0.455 e. The van der Waals surface area contributed by atoms with Crippen molar-refractivity contribution in [1.82, 2.24) is 0 Å². The molecule has 146 valence electrons. The smallest absolute Gasteiger partial charge is 0.314 e. The van der Waals surface area contributed by atoms with Crippen molar-refractivity contribution in [1.29, 1.82) is 5.26 Å². The number of carbonyl (C=O) groups is 2. The number of halogens is 1. The Bertz CT molecular complexity index is 863. The van der Waals surface area contributed by atoms with Gasteiger partial charge in [0.2, 0.25) is 0 Å². The predicted octanol–water partition coefficient (Wildman–Crippen LogP) is 4.88. The molecular formula is C21H21ClN2O3S. The summed E-state index contributed by atoms with van der Waals surface area (Å²) in [7, 11) is 0. The molecule has 0 bridgehead atoms. The lowest BCUT2D eigenvalue weighted by Gasteiger charge is -2.20. The van der Waals surface area contributed by atoms with Gasteiger partial charge in [0.25, 0.3) is 5.91 Å². The summed E-state index contributed by atoms with van der Waals surface area (Å²) in [6, 6.07) is 16.2. The number of anilines is 1. The van der Waals surface area contributed by atoms with Crippen molar-refractivity contribution < 1.29 is 14.3 Å². The summed E-state index contributed by atoms with van der Waals surface area (Å²) < 4.78 is 5.26. The summed E-state index contributed by atoms with van der Waals surface area (Å²) in [6.07, 6.45) is 0. The monoisotopic (exact) mass is 416 g/mol. The van der Waals surface area contributed by atoms with Crippen LogP contribution in [0.3, 0.4) is 0 Å². The first kappa shape index (κ1) is 21.8. The number of hydrogen-bond acceptors (Lipinski definition) is 5. The van der Waals surface area contributed by atoms with E-state index in [-0.39, 0.29) is 18.3 Å². The molecule has 1 atom stereocenters. The molecule has 5 nitrogen and oxygen atoms in total. The van der Waals surface area contributed by atoms with Crippen molar-refractivity contribution in [2.24, 2.45) is 5.92 Å². The molecule has 1 amide bonds. The molecule has 0 radical (unpaired) electrons. The number of para-hydroxylation sites is 1. The van der Waals surface area contributed by atoms with E-state index in [1.54, 1.807) is 36.4 Å². The maximum Gasteiger partial charge on any atom is 0.314 e. The number of nitrogens with zero attached hydrogens (tertiary/aromatic N) is 1. The van der Waals surface area contributed by atoms with Crippen LogP contribution < -0.4 is 5.32 Å². The number of ether oxygens (including phenoxy) is 1. The molecule has 0 aliphatic rings. The summed E-state index contributed by atoms with van der Waals surface area (Å²) in [5.41, 5.74) is 1.38. The van der Waals surface area contributed by atoms with Gasteiger partial charge >= 0.3 is 5.97 Å². The van der Waals surface area contributed by atoms with Crippen molar-refractivity contribution in [2.75, 3.05) is 17.7 Å². The van der Waals surface area contributed by atoms with Crippen LogP contribution in [0, 0.1) is 17.2 Å². The third kappa shape index (κ3) is 6.29. The normalized spacial score (nSPS) is 11.5. The molecule has 0 fully saturated rings. The van der Waals surface area contributed by atoms with Crippen LogP contribution in [-0.4, -0.2) is 24.2 Å². The van der Waals surface area contributed by atoms with Crippen LogP contribution in [0.2, 0.25) is 5.02 Å². The van der Waals surface area contributed by atoms with Gasteiger partial charge in [0.05, 0.1) is 23.4 Å². The predicted molar refractivity (Wildman–Crippen MR) is 111 cm³/mol. The van der Waals surface area contributed by atoms with Crippen LogP contribution in [-0.2, 0) is 14.3 Å². The lowest BCUT2D eigenvalue weighted by molar-refractivity contribution is -0.149. The number of carbonyl (C=O) groups excluding carboxylic acids is 2. The minimum absolute atomic E-state index is 0.000144. The molecule has 0 aliphatic heterocycles. The third-order valence-corrected chi connectivity index (χ3v) is 5.14. The van der Waals surface area contributed by atoms with E-state index in [2.05, 4.69) is 11.4 Å². The van der Waals surface area contributed by atoms with Gasteiger partial charge in [-0.1, -0.05) is 49.7 Å². The van der Waals surface area contributed by atoms with E-state index in [9.17, 15) is 9.59 Å². The van der Waals surface area contributed by atoms with Crippen molar-refractivity contribution in [3.05, 3.63) is 59.1 Å². The van der Waals surface area contributed by atoms with E-state index >= 15 is 0 Å². The van der Waals surface area contributed by atoms with Gasteiger partial charge in [0.15, 0.2) is 6.61 Å². The molecule has 0 heterocycles. The number of amides is 1. The van der Waals surface area contributed by atoms with Crippen LogP contribution in [0.4, 0.5) is 5.69 Å². The van der Waals surface area contributed by atoms with Gasteiger partial charge in [0.1, 0.15) is 0 Å². The van der Waals surface area contributed by atoms with E-state index in [0.29, 0.717) is 10.7 Å². The van der Waals surface area contributed by atoms with E-state index in [4.69, 9.17) is 21.6 Å². The molecule has 28 heavy (non-hydrogen) atoms. The van der Waals surface area contributed by atoms with Gasteiger partial charge < -0.3 is 10.1 Å². The van der Waals surface area contributed by atoms with Crippen molar-refractivity contribution in [3.63, 3.8) is 0 Å². The third-order valence-electron chi connectivity index (χ3n) is 3.95. The minimum atomic E-state index is -0.483. The Morgan fingerprint density at radius 2 is 1.86 bits per heavy atom. The van der Waals surface area contributed by atoms with Crippen molar-refractivity contribution >= 4 is 40.9 Å². The second-order valence-electron chi connectivity index (χ2n) is 6.37. The molecule has 1 unspecified atom stereocenters. The van der Waals surface area contributed by atoms with Crippen LogP contribution in [0.5, 0.6) is 0 Å². The molecule has 0 saturated heterocycles. The van der Waals surface area contributed by atoms with Crippen LogP contribution in [0.1, 0.15) is 25.3 Å². The number of nitrogens with one attached hydrogen (secondary N) is 1. The largest absolute Gasteiger partial charge is 0.455 e. The lowest BCUT2D eigenvalue weighted by Crippen LogP contribution is -2.26. The lowest BCUT2D eigenvalue weighted by atomic mass is 9.88. The Balaban J connectivity index is 1.98. The summed E-state index contributed by atoms with van der Waals surface area (Å²) in [5, 5.41) is 12.0. The second kappa shape index (κ2) is 10.7. The van der Waals surface area contributed by atoms with Crippen molar-refractivity contribution in [2.45, 2.75) is 24.7 Å². The number of nitriles is 1. The molecule has 7 heteroatoms. The van der Waals surface area contributed by atoms with E-state index in [0.717, 1.165) is 10.5 Å². The van der Waals surface area contributed by atoms with Gasteiger partial charge in [0, 0.05) is 9.92 Å². The highest BCUT2D eigenvalue weighted by Crippen LogP contribution is 2.28. The maximum atomic E-state index is 12.6. The Labute approximate surface area is 174 Å². The summed E-state index contributed by atoms with van der Waals surface area (Å²) >= 11 is 7.24. The number of hydrogen-bond donors (Lipinski definition) is 1. The van der Waals surface area contributed by atoms with E-state index in [1.807, 2.05) is 26.0 Å². The number of benzene rings is 2. The molecule has 1 N–H and O–H groups in total. The average Bonchev–Trinajstić information content (AvgIpc) is 2.67. The fourth-order valence-corrected chi connectivity index (χ4v) is 3.48. The van der Waals surface area contributed by atoms with E-state index in [1.165, 1.54) is 11.8 Å². The van der Waals surface area contributed by atoms with Gasteiger partial charge in [-0.15, -0.1) is 11.8 Å². The van der Waals surface area contributed by atoms with Crippen LogP contribution in [0.15, 0.2) is 53.4 Å². The molecule has 2 aromatic carbocycles. The van der Waals surface area contributed by atoms with Gasteiger partial charge in [-0.05, 0) is 35.7 Å². The SMILES string of the molecule is CC(C)C(C(=O)OCC(=O)Nc1ccccc1SCC#N)c1ccc(Cl)cc1. The zero-order chi connectivity index (χ0) is 20.5. The molecule has 2 rings (SSSR count). The molecule has 0 saturated carbocycles. The molecular weight excluding hydrogens is 396 g/mol. The zero-order valence-electron chi connectivity index (χ0n) is 15.6. The van der Waals surface area contributed by atoms with Crippen LogP contribution in [0.25, 0.3) is 0 Å². The Kier molecular flexibility index (Phi) is 8.37. The standard InChI is InChI=1S/C21H21ClN2O3S/c1-14(2)20(15-7-9-16(22)10-8-15)21(26)27-13-19(25)24-17-5-3-4-6-18(17)28-12-11-23/h3-10,14,20H,12-13H2,1-2H3,(H,24,25). The fraction of sp³-hybridized carbons (Fsp3) is 0.286. The van der Waals surface area contributed by atoms with Gasteiger partial charge in [-0.3, -0.25) is 9.59 Å². The summed E-state index contributed by atoms with van der Waals surface area (Å²) in [5.74, 6) is -1.10.